The lowest BCUT2D eigenvalue weighted by Gasteiger charge is -2.13. The number of nitrogens with zero attached hydrogens (tertiary/aromatic N) is 1. The van der Waals surface area contributed by atoms with Gasteiger partial charge < -0.3 is 14.8 Å². The van der Waals surface area contributed by atoms with Gasteiger partial charge in [0.25, 0.3) is 5.91 Å². The van der Waals surface area contributed by atoms with E-state index in [1.54, 1.807) is 67.8 Å². The standard InChI is InChI=1S/C24H17Cl3N2O3S/c1-31-20-10-5-14(11-21(20)32-13-17-18(26)3-2-4-19(17)27)12-22-23(30)29-24(33-22)28-16-8-6-15(25)7-9-16/h2-12H,13H2,1H3,(H,28,29,30)/b22-12-. The maximum absolute atomic E-state index is 12.4. The van der Waals surface area contributed by atoms with E-state index in [9.17, 15) is 4.79 Å². The molecule has 1 amide bonds. The van der Waals surface area contributed by atoms with Gasteiger partial charge >= 0.3 is 0 Å². The molecule has 9 heteroatoms. The first kappa shape index (κ1) is 23.5. The first-order chi connectivity index (χ1) is 15.9. The van der Waals surface area contributed by atoms with E-state index >= 15 is 0 Å². The fourth-order valence-electron chi connectivity index (χ4n) is 2.98. The Morgan fingerprint density at radius 3 is 2.42 bits per heavy atom. The lowest BCUT2D eigenvalue weighted by Crippen LogP contribution is -2.19. The van der Waals surface area contributed by atoms with Crippen molar-refractivity contribution in [2.24, 2.45) is 4.99 Å². The number of halogens is 3. The lowest BCUT2D eigenvalue weighted by molar-refractivity contribution is -0.115. The van der Waals surface area contributed by atoms with E-state index in [0.29, 0.717) is 47.9 Å². The van der Waals surface area contributed by atoms with Gasteiger partial charge in [0.15, 0.2) is 16.7 Å². The molecule has 1 saturated heterocycles. The highest BCUT2D eigenvalue weighted by Gasteiger charge is 2.24. The number of carbonyl (C=O) groups is 1. The van der Waals surface area contributed by atoms with Crippen LogP contribution in [0, 0.1) is 0 Å². The Balaban J connectivity index is 1.54. The van der Waals surface area contributed by atoms with E-state index in [2.05, 4.69) is 10.3 Å². The first-order valence-corrected chi connectivity index (χ1v) is 11.7. The van der Waals surface area contributed by atoms with Crippen LogP contribution in [-0.4, -0.2) is 18.2 Å². The van der Waals surface area contributed by atoms with Gasteiger partial charge in [-0.25, -0.2) is 4.99 Å². The molecule has 0 bridgehead atoms. The predicted molar refractivity (Wildman–Crippen MR) is 136 cm³/mol. The third kappa shape index (κ3) is 5.84. The van der Waals surface area contributed by atoms with Crippen molar-refractivity contribution in [3.8, 4) is 11.5 Å². The number of carbonyl (C=O) groups excluding carboxylic acids is 1. The summed E-state index contributed by atoms with van der Waals surface area (Å²) in [5.74, 6) is 0.823. The molecule has 5 nitrogen and oxygen atoms in total. The number of thioether (sulfide) groups is 1. The van der Waals surface area contributed by atoms with Crippen LogP contribution in [0.25, 0.3) is 6.08 Å². The summed E-state index contributed by atoms with van der Waals surface area (Å²) in [5.41, 5.74) is 2.14. The number of ether oxygens (including phenoxy) is 2. The number of amidine groups is 1. The number of methoxy groups -OCH3 is 1. The summed E-state index contributed by atoms with van der Waals surface area (Å²) in [5, 5.41) is 4.93. The monoisotopic (exact) mass is 518 g/mol. The summed E-state index contributed by atoms with van der Waals surface area (Å²) in [6.07, 6.45) is 1.76. The average Bonchev–Trinajstić information content (AvgIpc) is 3.13. The third-order valence-electron chi connectivity index (χ3n) is 4.63. The molecule has 33 heavy (non-hydrogen) atoms. The molecular weight excluding hydrogens is 503 g/mol. The molecule has 3 aromatic carbocycles. The highest BCUT2D eigenvalue weighted by molar-refractivity contribution is 8.18. The molecule has 1 N–H and O–H groups in total. The number of hydrogen-bond acceptors (Lipinski definition) is 5. The first-order valence-electron chi connectivity index (χ1n) is 9.72. The molecule has 0 spiro atoms. The topological polar surface area (TPSA) is 59.9 Å². The summed E-state index contributed by atoms with van der Waals surface area (Å²) >= 11 is 19.6. The second-order valence-electron chi connectivity index (χ2n) is 6.86. The number of rotatable bonds is 6. The van der Waals surface area contributed by atoms with E-state index in [1.165, 1.54) is 11.8 Å². The minimum atomic E-state index is -0.228. The maximum atomic E-state index is 12.4. The van der Waals surface area contributed by atoms with Gasteiger partial charge in [-0.15, -0.1) is 0 Å². The maximum Gasteiger partial charge on any atom is 0.264 e. The second kappa shape index (κ2) is 10.5. The van der Waals surface area contributed by atoms with Gasteiger partial charge in [0, 0.05) is 20.6 Å². The molecular formula is C24H17Cl3N2O3S. The van der Waals surface area contributed by atoms with Crippen molar-refractivity contribution in [2.45, 2.75) is 6.61 Å². The molecule has 3 aromatic rings. The van der Waals surface area contributed by atoms with Gasteiger partial charge in [0.05, 0.1) is 17.7 Å². The van der Waals surface area contributed by atoms with E-state index < -0.39 is 0 Å². The molecule has 0 unspecified atom stereocenters. The van der Waals surface area contributed by atoms with Crippen molar-refractivity contribution in [1.29, 1.82) is 0 Å². The van der Waals surface area contributed by atoms with Gasteiger partial charge in [-0.1, -0.05) is 46.9 Å². The Labute approximate surface area is 210 Å². The van der Waals surface area contributed by atoms with Gasteiger partial charge in [0.2, 0.25) is 0 Å². The molecule has 1 aliphatic heterocycles. The van der Waals surface area contributed by atoms with Gasteiger partial charge in [-0.3, -0.25) is 4.79 Å². The summed E-state index contributed by atoms with van der Waals surface area (Å²) < 4.78 is 11.4. The SMILES string of the molecule is COc1ccc(/C=C2\SC(=Nc3ccc(Cl)cc3)NC2=O)cc1OCc1c(Cl)cccc1Cl. The molecule has 0 atom stereocenters. The van der Waals surface area contributed by atoms with Crippen molar-refractivity contribution < 1.29 is 14.3 Å². The minimum Gasteiger partial charge on any atom is -0.493 e. The zero-order valence-corrected chi connectivity index (χ0v) is 20.4. The smallest absolute Gasteiger partial charge is 0.264 e. The summed E-state index contributed by atoms with van der Waals surface area (Å²) in [7, 11) is 1.56. The van der Waals surface area contributed by atoms with Crippen molar-refractivity contribution in [3.63, 3.8) is 0 Å². The molecule has 168 valence electrons. The average molecular weight is 520 g/mol. The Hall–Kier alpha value is -2.64. The summed E-state index contributed by atoms with van der Waals surface area (Å²) in [6, 6.07) is 17.7. The van der Waals surface area contributed by atoms with Gasteiger partial charge in [-0.05, 0) is 71.9 Å². The molecule has 0 saturated carbocycles. The fourth-order valence-corrected chi connectivity index (χ4v) is 4.46. The summed E-state index contributed by atoms with van der Waals surface area (Å²) in [4.78, 5) is 17.4. The van der Waals surface area contributed by atoms with Crippen LogP contribution in [0.15, 0.2) is 70.6 Å². The molecule has 1 aliphatic rings. The summed E-state index contributed by atoms with van der Waals surface area (Å²) in [6.45, 7) is 0.169. The van der Waals surface area contributed by atoms with Gasteiger partial charge in [0.1, 0.15) is 6.61 Å². The van der Waals surface area contributed by atoms with Crippen LogP contribution in [0.5, 0.6) is 11.5 Å². The fraction of sp³-hybridized carbons (Fsp3) is 0.0833. The van der Waals surface area contributed by atoms with Crippen LogP contribution in [0.4, 0.5) is 5.69 Å². The molecule has 0 aromatic heterocycles. The number of amides is 1. The number of benzene rings is 3. The van der Waals surface area contributed by atoms with Crippen molar-refractivity contribution >= 4 is 69.4 Å². The van der Waals surface area contributed by atoms with Crippen molar-refractivity contribution in [1.82, 2.24) is 5.32 Å². The van der Waals surface area contributed by atoms with Crippen LogP contribution < -0.4 is 14.8 Å². The van der Waals surface area contributed by atoms with Gasteiger partial charge in [-0.2, -0.15) is 0 Å². The third-order valence-corrected chi connectivity index (χ3v) is 6.50. The predicted octanol–water partition coefficient (Wildman–Crippen LogP) is 7.13. The highest BCUT2D eigenvalue weighted by atomic mass is 35.5. The van der Waals surface area contributed by atoms with E-state index in [0.717, 1.165) is 5.56 Å². The van der Waals surface area contributed by atoms with Crippen LogP contribution in [0.2, 0.25) is 15.1 Å². The van der Waals surface area contributed by atoms with E-state index in [4.69, 9.17) is 44.3 Å². The second-order valence-corrected chi connectivity index (χ2v) is 9.14. The largest absolute Gasteiger partial charge is 0.493 e. The molecule has 0 radical (unpaired) electrons. The quantitative estimate of drug-likeness (QED) is 0.352. The van der Waals surface area contributed by atoms with Crippen LogP contribution >= 0.6 is 46.6 Å². The number of aliphatic imine (C=N–C) groups is 1. The lowest BCUT2D eigenvalue weighted by atomic mass is 10.2. The highest BCUT2D eigenvalue weighted by Crippen LogP contribution is 2.34. The zero-order chi connectivity index (χ0) is 23.4. The number of nitrogens with one attached hydrogen (secondary N) is 1. The van der Waals surface area contributed by atoms with E-state index in [1.807, 2.05) is 6.07 Å². The molecule has 0 aliphatic carbocycles. The Bertz CT molecular complexity index is 1240. The Morgan fingerprint density at radius 2 is 1.73 bits per heavy atom. The Kier molecular flexibility index (Phi) is 7.50. The van der Waals surface area contributed by atoms with Crippen molar-refractivity contribution in [3.05, 3.63) is 91.8 Å². The Morgan fingerprint density at radius 1 is 1.00 bits per heavy atom. The number of hydrogen-bond donors (Lipinski definition) is 1. The zero-order valence-electron chi connectivity index (χ0n) is 17.3. The van der Waals surface area contributed by atoms with Crippen LogP contribution in [0.1, 0.15) is 11.1 Å². The van der Waals surface area contributed by atoms with E-state index in [-0.39, 0.29) is 12.5 Å². The van der Waals surface area contributed by atoms with Crippen LogP contribution in [-0.2, 0) is 11.4 Å². The molecule has 1 heterocycles. The molecule has 4 rings (SSSR count). The molecule has 1 fully saturated rings. The normalized spacial score (nSPS) is 15.7. The van der Waals surface area contributed by atoms with Crippen molar-refractivity contribution in [2.75, 3.05) is 7.11 Å². The van der Waals surface area contributed by atoms with Crippen LogP contribution in [0.3, 0.4) is 0 Å². The minimum absolute atomic E-state index is 0.169.